The number of hydrogen-bond donors (Lipinski definition) is 2. The first-order valence-corrected chi connectivity index (χ1v) is 9.00. The highest BCUT2D eigenvalue weighted by Crippen LogP contribution is 2.28. The number of amides is 1. The normalized spacial score (nSPS) is 11.8. The number of nitrogens with two attached hydrogens (primary N) is 1. The molecule has 0 fully saturated rings. The standard InChI is InChI=1S/C19H16FN3O2S/c20-17-6-2-1-4-13(17)10-19(24)23-15-7-8-16(18(11-15)26(21)25)14-5-3-9-22-12-14/h1-9,11-12H,10,21H2,(H,23,24). The molecule has 0 aliphatic heterocycles. The summed E-state index contributed by atoms with van der Waals surface area (Å²) in [7, 11) is 0. The molecule has 1 aromatic heterocycles. The topological polar surface area (TPSA) is 91.1 Å². The van der Waals surface area contributed by atoms with Gasteiger partial charge in [0.15, 0.2) is 4.90 Å². The van der Waals surface area contributed by atoms with Gasteiger partial charge < -0.3 is 9.87 Å². The van der Waals surface area contributed by atoms with Crippen LogP contribution in [0.3, 0.4) is 0 Å². The van der Waals surface area contributed by atoms with E-state index in [-0.39, 0.29) is 12.3 Å². The van der Waals surface area contributed by atoms with Gasteiger partial charge in [-0.15, -0.1) is 5.14 Å². The van der Waals surface area contributed by atoms with E-state index in [1.54, 1.807) is 54.9 Å². The van der Waals surface area contributed by atoms with Gasteiger partial charge in [-0.1, -0.05) is 24.3 Å². The number of carbonyl (C=O) groups excluding carboxylic acids is 1. The summed E-state index contributed by atoms with van der Waals surface area (Å²) in [4.78, 5) is 16.6. The highest BCUT2D eigenvalue weighted by Gasteiger charge is 2.17. The summed E-state index contributed by atoms with van der Waals surface area (Å²) in [6.45, 7) is 0. The lowest BCUT2D eigenvalue weighted by Crippen LogP contribution is -2.17. The lowest BCUT2D eigenvalue weighted by molar-refractivity contribution is -0.115. The van der Waals surface area contributed by atoms with Crippen molar-refractivity contribution in [2.45, 2.75) is 11.3 Å². The Hall–Kier alpha value is -2.74. The second-order valence-corrected chi connectivity index (χ2v) is 6.60. The summed E-state index contributed by atoms with van der Waals surface area (Å²) in [5.41, 5.74) is 2.18. The number of aromatic nitrogens is 1. The van der Waals surface area contributed by atoms with Crippen molar-refractivity contribution in [3.8, 4) is 11.1 Å². The van der Waals surface area contributed by atoms with Crippen molar-refractivity contribution >= 4 is 23.0 Å². The molecule has 7 heteroatoms. The van der Waals surface area contributed by atoms with E-state index in [2.05, 4.69) is 10.3 Å². The van der Waals surface area contributed by atoms with Crippen molar-refractivity contribution in [3.63, 3.8) is 0 Å². The molecule has 26 heavy (non-hydrogen) atoms. The van der Waals surface area contributed by atoms with Gasteiger partial charge in [-0.3, -0.25) is 9.78 Å². The van der Waals surface area contributed by atoms with Crippen molar-refractivity contribution in [2.75, 3.05) is 5.32 Å². The van der Waals surface area contributed by atoms with Gasteiger partial charge in [-0.25, -0.2) is 4.39 Å². The Morgan fingerprint density at radius 3 is 2.69 bits per heavy atom. The molecule has 3 N–H and O–H groups in total. The van der Waals surface area contributed by atoms with Crippen LogP contribution in [0.25, 0.3) is 11.1 Å². The monoisotopic (exact) mass is 369 g/mol. The Bertz CT molecular complexity index is 920. The summed E-state index contributed by atoms with van der Waals surface area (Å²) >= 11 is -1.75. The fourth-order valence-corrected chi connectivity index (χ4v) is 3.19. The highest BCUT2D eigenvalue weighted by atomic mass is 32.2. The molecule has 1 amide bonds. The van der Waals surface area contributed by atoms with E-state index in [4.69, 9.17) is 5.14 Å². The van der Waals surface area contributed by atoms with Crippen molar-refractivity contribution in [1.82, 2.24) is 4.98 Å². The third kappa shape index (κ3) is 4.26. The number of hydrogen-bond acceptors (Lipinski definition) is 4. The predicted octanol–water partition coefficient (Wildman–Crippen LogP) is 3.05. The molecule has 0 saturated carbocycles. The van der Waals surface area contributed by atoms with Crippen LogP contribution in [0, 0.1) is 5.82 Å². The number of pyridine rings is 1. The minimum atomic E-state index is -1.75. The lowest BCUT2D eigenvalue weighted by Gasteiger charge is -2.12. The summed E-state index contributed by atoms with van der Waals surface area (Å²) in [6.07, 6.45) is 3.18. The molecule has 0 saturated heterocycles. The van der Waals surface area contributed by atoms with E-state index in [1.165, 1.54) is 6.07 Å². The molecule has 2 aromatic carbocycles. The lowest BCUT2D eigenvalue weighted by atomic mass is 10.1. The molecular formula is C19H16FN3O2S. The zero-order chi connectivity index (χ0) is 18.5. The number of carbonyl (C=O) groups is 1. The molecule has 0 bridgehead atoms. The van der Waals surface area contributed by atoms with Crippen molar-refractivity contribution < 1.29 is 13.7 Å². The van der Waals surface area contributed by atoms with Crippen LogP contribution in [0.15, 0.2) is 71.9 Å². The van der Waals surface area contributed by atoms with Crippen LogP contribution < -0.4 is 10.5 Å². The van der Waals surface area contributed by atoms with E-state index in [0.717, 1.165) is 5.56 Å². The summed E-state index contributed by atoms with van der Waals surface area (Å²) in [6, 6.07) is 14.6. The molecule has 0 aliphatic rings. The molecule has 1 unspecified atom stereocenters. The summed E-state index contributed by atoms with van der Waals surface area (Å²) in [5, 5.41) is 8.26. The number of nitrogens with zero attached hydrogens (tertiary/aromatic N) is 1. The maximum absolute atomic E-state index is 13.7. The quantitative estimate of drug-likeness (QED) is 0.676. The van der Waals surface area contributed by atoms with Crippen LogP contribution in [0.4, 0.5) is 10.1 Å². The Balaban J connectivity index is 1.82. The number of nitrogens with one attached hydrogen (secondary N) is 1. The highest BCUT2D eigenvalue weighted by molar-refractivity contribution is 7.89. The zero-order valence-corrected chi connectivity index (χ0v) is 14.5. The van der Waals surface area contributed by atoms with Crippen LogP contribution in [0.2, 0.25) is 0 Å². The van der Waals surface area contributed by atoms with E-state index in [9.17, 15) is 13.7 Å². The van der Waals surface area contributed by atoms with Gasteiger partial charge in [0.1, 0.15) is 5.82 Å². The predicted molar refractivity (Wildman–Crippen MR) is 99.0 cm³/mol. The maximum atomic E-state index is 13.7. The number of halogens is 1. The Kier molecular flexibility index (Phi) is 5.62. The average molecular weight is 369 g/mol. The second kappa shape index (κ2) is 8.09. The minimum absolute atomic E-state index is 0.0991. The van der Waals surface area contributed by atoms with E-state index in [1.807, 2.05) is 6.07 Å². The van der Waals surface area contributed by atoms with Gasteiger partial charge in [0.05, 0.1) is 17.8 Å². The van der Waals surface area contributed by atoms with E-state index in [0.29, 0.717) is 21.7 Å². The summed E-state index contributed by atoms with van der Waals surface area (Å²) < 4.78 is 25.6. The third-order valence-corrected chi connectivity index (χ3v) is 4.53. The Labute approximate surface area is 153 Å². The van der Waals surface area contributed by atoms with Crippen molar-refractivity contribution in [1.29, 1.82) is 0 Å². The van der Waals surface area contributed by atoms with Crippen molar-refractivity contribution in [2.24, 2.45) is 5.14 Å². The summed E-state index contributed by atoms with van der Waals surface area (Å²) in [5.74, 6) is -0.809. The van der Waals surface area contributed by atoms with Gasteiger partial charge in [0, 0.05) is 35.3 Å². The molecule has 1 atom stereocenters. The molecule has 5 nitrogen and oxygen atoms in total. The number of benzene rings is 2. The molecule has 0 radical (unpaired) electrons. The van der Waals surface area contributed by atoms with Gasteiger partial charge in [-0.05, 0) is 29.8 Å². The number of rotatable bonds is 5. The van der Waals surface area contributed by atoms with Crippen molar-refractivity contribution in [3.05, 3.63) is 78.4 Å². The van der Waals surface area contributed by atoms with Gasteiger partial charge in [-0.2, -0.15) is 0 Å². The maximum Gasteiger partial charge on any atom is 0.228 e. The van der Waals surface area contributed by atoms with Crippen LogP contribution >= 0.6 is 0 Å². The molecule has 0 spiro atoms. The SMILES string of the molecule is N[S+]([O-])c1cc(NC(=O)Cc2ccccc2F)ccc1-c1cccnc1. The molecule has 3 rings (SSSR count). The van der Waals surface area contributed by atoms with Crippen LogP contribution in [0.5, 0.6) is 0 Å². The van der Waals surface area contributed by atoms with Gasteiger partial charge in [0.25, 0.3) is 0 Å². The second-order valence-electron chi connectivity index (χ2n) is 5.57. The van der Waals surface area contributed by atoms with Crippen LogP contribution in [0.1, 0.15) is 5.56 Å². The minimum Gasteiger partial charge on any atom is -0.593 e. The van der Waals surface area contributed by atoms with Gasteiger partial charge >= 0.3 is 0 Å². The molecule has 0 aliphatic carbocycles. The number of anilines is 1. The molecule has 3 aromatic rings. The van der Waals surface area contributed by atoms with Crippen LogP contribution in [-0.2, 0) is 22.6 Å². The zero-order valence-electron chi connectivity index (χ0n) is 13.7. The Morgan fingerprint density at radius 1 is 1.19 bits per heavy atom. The fraction of sp³-hybridized carbons (Fsp3) is 0.0526. The first-order valence-electron chi connectivity index (χ1n) is 7.78. The largest absolute Gasteiger partial charge is 0.593 e. The first kappa shape index (κ1) is 18.1. The van der Waals surface area contributed by atoms with E-state index < -0.39 is 17.2 Å². The molecule has 1 heterocycles. The average Bonchev–Trinajstić information content (AvgIpc) is 2.64. The van der Waals surface area contributed by atoms with Gasteiger partial charge in [0.2, 0.25) is 5.91 Å². The molecule has 132 valence electrons. The molecular weight excluding hydrogens is 353 g/mol. The fourth-order valence-electron chi connectivity index (χ4n) is 2.55. The Morgan fingerprint density at radius 2 is 2.00 bits per heavy atom. The van der Waals surface area contributed by atoms with Crippen LogP contribution in [-0.4, -0.2) is 15.4 Å². The first-order chi connectivity index (χ1) is 12.5. The third-order valence-electron chi connectivity index (χ3n) is 3.76. The van der Waals surface area contributed by atoms with E-state index >= 15 is 0 Å². The smallest absolute Gasteiger partial charge is 0.228 e.